The van der Waals surface area contributed by atoms with Gasteiger partial charge in [-0.15, -0.1) is 0 Å². The quantitative estimate of drug-likeness (QED) is 0.617. The molecule has 84 valence electrons. The number of hydrogen-bond donors (Lipinski definition) is 0. The lowest BCUT2D eigenvalue weighted by Gasteiger charge is -2.32. The highest BCUT2D eigenvalue weighted by molar-refractivity contribution is 6.53. The second-order valence-electron chi connectivity index (χ2n) is 4.83. The minimum atomic E-state index is -0.449. The smallest absolute Gasteiger partial charge is 0.495 e. The van der Waals surface area contributed by atoms with Crippen LogP contribution < -0.4 is 0 Å². The average molecular weight is 212 g/mol. The Morgan fingerprint density at radius 2 is 1.67 bits per heavy atom. The fourth-order valence-electron chi connectivity index (χ4n) is 1.47. The molecule has 0 atom stereocenters. The first-order valence-corrected chi connectivity index (χ1v) is 5.22. The topological polar surface area (TPSA) is 36.9 Å². The molecule has 1 saturated heterocycles. The van der Waals surface area contributed by atoms with Gasteiger partial charge < -0.3 is 18.8 Å². The van der Waals surface area contributed by atoms with Crippen LogP contribution in [0.25, 0.3) is 0 Å². The molecule has 0 radical (unpaired) electrons. The molecule has 4 nitrogen and oxygen atoms in total. The average Bonchev–Trinajstić information content (AvgIpc) is 2.38. The van der Waals surface area contributed by atoms with Gasteiger partial charge in [-0.2, -0.15) is 0 Å². The fraction of sp³-hybridized carbons (Fsp3) is 0.800. The summed E-state index contributed by atoms with van der Waals surface area (Å²) in [5.41, 5.74) is -0.0431. The molecule has 0 aromatic heterocycles. The van der Waals surface area contributed by atoms with Gasteiger partial charge in [0.15, 0.2) is 5.66 Å². The Morgan fingerprint density at radius 1 is 1.07 bits per heavy atom. The van der Waals surface area contributed by atoms with Crippen molar-refractivity contribution in [3.8, 4) is 0 Å². The summed E-state index contributed by atoms with van der Waals surface area (Å²) in [4.78, 5) is 0. The second kappa shape index (κ2) is 3.42. The Kier molecular flexibility index (Phi) is 2.47. The highest BCUT2D eigenvalue weighted by atomic mass is 16.7. The van der Waals surface area contributed by atoms with E-state index in [1.165, 1.54) is 0 Å². The summed E-state index contributed by atoms with van der Waals surface area (Å²) >= 11 is 0. The predicted octanol–water partition coefficient (Wildman–Crippen LogP) is 1.51. The van der Waals surface area contributed by atoms with Crippen LogP contribution in [0.3, 0.4) is 0 Å². The molecular weight excluding hydrogens is 195 g/mol. The SMILES string of the molecule is CC1(C)OB(C2=COCCO2)OC1(C)C. The van der Waals surface area contributed by atoms with Gasteiger partial charge in [0.2, 0.25) is 0 Å². The molecule has 2 heterocycles. The second-order valence-corrected chi connectivity index (χ2v) is 4.83. The van der Waals surface area contributed by atoms with Gasteiger partial charge in [0.05, 0.1) is 11.2 Å². The molecule has 2 aliphatic rings. The zero-order chi connectivity index (χ0) is 11.1. The van der Waals surface area contributed by atoms with E-state index in [0.717, 1.165) is 0 Å². The molecule has 0 amide bonds. The standard InChI is InChI=1S/C10H17BO4/c1-9(2)10(3,4)15-11(14-9)8-7-12-5-6-13-8/h7H,5-6H2,1-4H3. The summed E-state index contributed by atoms with van der Waals surface area (Å²) in [6, 6.07) is 0. The Labute approximate surface area is 90.7 Å². The molecule has 15 heavy (non-hydrogen) atoms. The van der Waals surface area contributed by atoms with Crippen molar-refractivity contribution in [3.05, 3.63) is 11.9 Å². The van der Waals surface area contributed by atoms with E-state index in [4.69, 9.17) is 18.8 Å². The largest absolute Gasteiger partial charge is 0.535 e. The highest BCUT2D eigenvalue weighted by Gasteiger charge is 2.53. The molecule has 0 saturated carbocycles. The van der Waals surface area contributed by atoms with Gasteiger partial charge in [-0.05, 0) is 27.7 Å². The third kappa shape index (κ3) is 1.86. The maximum atomic E-state index is 5.81. The van der Waals surface area contributed by atoms with Crippen molar-refractivity contribution in [1.82, 2.24) is 0 Å². The van der Waals surface area contributed by atoms with Gasteiger partial charge in [-0.3, -0.25) is 0 Å². The molecule has 0 unspecified atom stereocenters. The van der Waals surface area contributed by atoms with Crippen LogP contribution in [0.1, 0.15) is 27.7 Å². The number of rotatable bonds is 1. The maximum absolute atomic E-state index is 5.81. The van der Waals surface area contributed by atoms with E-state index in [0.29, 0.717) is 18.9 Å². The Hall–Kier alpha value is -0.675. The van der Waals surface area contributed by atoms with E-state index < -0.39 is 7.12 Å². The molecule has 2 rings (SSSR count). The van der Waals surface area contributed by atoms with Crippen LogP contribution in [0.2, 0.25) is 0 Å². The van der Waals surface area contributed by atoms with Crippen LogP contribution in [0.15, 0.2) is 11.9 Å². The maximum Gasteiger partial charge on any atom is 0.535 e. The first-order chi connectivity index (χ1) is 6.92. The van der Waals surface area contributed by atoms with Crippen molar-refractivity contribution in [2.75, 3.05) is 13.2 Å². The van der Waals surface area contributed by atoms with E-state index >= 15 is 0 Å². The van der Waals surface area contributed by atoms with Gasteiger partial charge in [0.25, 0.3) is 0 Å². The predicted molar refractivity (Wildman–Crippen MR) is 56.1 cm³/mol. The van der Waals surface area contributed by atoms with Crippen LogP contribution in [0.4, 0.5) is 0 Å². The minimum Gasteiger partial charge on any atom is -0.495 e. The molecule has 0 N–H and O–H groups in total. The van der Waals surface area contributed by atoms with Crippen molar-refractivity contribution < 1.29 is 18.8 Å². The molecule has 0 bridgehead atoms. The van der Waals surface area contributed by atoms with Crippen LogP contribution in [0, 0.1) is 0 Å². The van der Waals surface area contributed by atoms with E-state index in [1.54, 1.807) is 6.26 Å². The molecule has 0 aromatic carbocycles. The van der Waals surface area contributed by atoms with Gasteiger partial charge in [0, 0.05) is 0 Å². The third-order valence-corrected chi connectivity index (χ3v) is 3.15. The van der Waals surface area contributed by atoms with Gasteiger partial charge in [0.1, 0.15) is 19.5 Å². The monoisotopic (exact) mass is 212 g/mol. The van der Waals surface area contributed by atoms with E-state index in [2.05, 4.69) is 0 Å². The van der Waals surface area contributed by atoms with E-state index in [-0.39, 0.29) is 11.2 Å². The lowest BCUT2D eigenvalue weighted by atomic mass is 9.87. The third-order valence-electron chi connectivity index (χ3n) is 3.15. The van der Waals surface area contributed by atoms with Crippen LogP contribution >= 0.6 is 0 Å². The summed E-state index contributed by atoms with van der Waals surface area (Å²) in [7, 11) is -0.449. The Balaban J connectivity index is 2.12. The molecule has 0 aliphatic carbocycles. The number of ether oxygens (including phenoxy) is 2. The fourth-order valence-corrected chi connectivity index (χ4v) is 1.47. The van der Waals surface area contributed by atoms with Crippen LogP contribution in [-0.4, -0.2) is 31.5 Å². The normalized spacial score (nSPS) is 28.0. The van der Waals surface area contributed by atoms with Crippen molar-refractivity contribution in [2.45, 2.75) is 38.9 Å². The lowest BCUT2D eigenvalue weighted by Crippen LogP contribution is -2.41. The van der Waals surface area contributed by atoms with Crippen molar-refractivity contribution in [2.24, 2.45) is 0 Å². The Morgan fingerprint density at radius 3 is 2.13 bits per heavy atom. The van der Waals surface area contributed by atoms with E-state index in [1.807, 2.05) is 27.7 Å². The molecule has 1 fully saturated rings. The zero-order valence-electron chi connectivity index (χ0n) is 9.70. The Bertz CT molecular complexity index is 269. The molecule has 2 aliphatic heterocycles. The highest BCUT2D eigenvalue weighted by Crippen LogP contribution is 2.38. The van der Waals surface area contributed by atoms with Gasteiger partial charge in [-0.1, -0.05) is 0 Å². The van der Waals surface area contributed by atoms with Crippen LogP contribution in [-0.2, 0) is 18.8 Å². The van der Waals surface area contributed by atoms with Crippen LogP contribution in [0.5, 0.6) is 0 Å². The van der Waals surface area contributed by atoms with Crippen molar-refractivity contribution in [1.29, 1.82) is 0 Å². The summed E-state index contributed by atoms with van der Waals surface area (Å²) < 4.78 is 22.2. The first kappa shape index (κ1) is 10.8. The summed E-state index contributed by atoms with van der Waals surface area (Å²) in [5.74, 6) is 0. The van der Waals surface area contributed by atoms with Gasteiger partial charge >= 0.3 is 7.12 Å². The summed E-state index contributed by atoms with van der Waals surface area (Å²) in [6.07, 6.45) is 1.58. The summed E-state index contributed by atoms with van der Waals surface area (Å²) in [6.45, 7) is 9.18. The number of hydrogen-bond acceptors (Lipinski definition) is 4. The van der Waals surface area contributed by atoms with Crippen molar-refractivity contribution >= 4 is 7.12 Å². The minimum absolute atomic E-state index is 0.334. The molecular formula is C10H17BO4. The first-order valence-electron chi connectivity index (χ1n) is 5.22. The summed E-state index contributed by atoms with van der Waals surface area (Å²) in [5, 5.41) is 0. The lowest BCUT2D eigenvalue weighted by molar-refractivity contribution is 0.00578. The van der Waals surface area contributed by atoms with E-state index in [9.17, 15) is 0 Å². The molecule has 0 aromatic rings. The zero-order valence-corrected chi connectivity index (χ0v) is 9.70. The van der Waals surface area contributed by atoms with Gasteiger partial charge in [-0.25, -0.2) is 0 Å². The molecule has 5 heteroatoms. The molecule has 0 spiro atoms. The van der Waals surface area contributed by atoms with Crippen molar-refractivity contribution in [3.63, 3.8) is 0 Å².